The van der Waals surface area contributed by atoms with Crippen LogP contribution in [0.15, 0.2) is 91.0 Å². The summed E-state index contributed by atoms with van der Waals surface area (Å²) in [7, 11) is 0. The zero-order valence-corrected chi connectivity index (χ0v) is 16.1. The molecule has 2 heteroatoms. The van der Waals surface area contributed by atoms with Crippen molar-refractivity contribution in [2.24, 2.45) is 0 Å². The predicted octanol–water partition coefficient (Wildman–Crippen LogP) is 4.76. The van der Waals surface area contributed by atoms with Crippen molar-refractivity contribution in [1.29, 1.82) is 0 Å². The molecule has 0 saturated heterocycles. The van der Waals surface area contributed by atoms with Gasteiger partial charge >= 0.3 is 156 Å². The Bertz CT molecular complexity index is 740. The molecule has 0 bridgehead atoms. The van der Waals surface area contributed by atoms with E-state index >= 15 is 0 Å². The van der Waals surface area contributed by atoms with Crippen LogP contribution in [0.4, 0.5) is 0 Å². The molecule has 0 spiro atoms. The number of hydrogen-bond donors (Lipinski definition) is 1. The van der Waals surface area contributed by atoms with E-state index in [9.17, 15) is 4.89 Å². The van der Waals surface area contributed by atoms with E-state index < -0.39 is 6.83 Å². The summed E-state index contributed by atoms with van der Waals surface area (Å²) in [6.45, 7) is -3.54. The van der Waals surface area contributed by atoms with Crippen LogP contribution in [0.2, 0.25) is 0 Å². The van der Waals surface area contributed by atoms with Gasteiger partial charge in [-0.25, -0.2) is 0 Å². The Morgan fingerprint density at radius 3 is 1.23 bits per heavy atom. The van der Waals surface area contributed by atoms with Gasteiger partial charge < -0.3 is 0 Å². The van der Waals surface area contributed by atoms with Gasteiger partial charge in [-0.05, 0) is 0 Å². The summed E-state index contributed by atoms with van der Waals surface area (Å²) < 4.78 is 0. The van der Waals surface area contributed by atoms with E-state index in [0.29, 0.717) is 0 Å². The second-order valence-electron chi connectivity index (χ2n) is 7.44. The van der Waals surface area contributed by atoms with Gasteiger partial charge in [-0.2, -0.15) is 0 Å². The molecule has 0 unspecified atom stereocenters. The molecule has 0 radical (unpaired) electrons. The van der Waals surface area contributed by atoms with Crippen molar-refractivity contribution >= 4 is 22.7 Å². The van der Waals surface area contributed by atoms with Crippen molar-refractivity contribution in [3.63, 3.8) is 0 Å². The Labute approximate surface area is 156 Å². The maximum absolute atomic E-state index is 13.1. The van der Waals surface area contributed by atoms with E-state index in [1.807, 2.05) is 18.2 Å². The summed E-state index contributed by atoms with van der Waals surface area (Å²) >= 11 is 0. The molecule has 4 rings (SSSR count). The minimum absolute atomic E-state index is 0.280. The van der Waals surface area contributed by atoms with E-state index in [4.69, 9.17) is 0 Å². The van der Waals surface area contributed by atoms with Gasteiger partial charge in [0.1, 0.15) is 0 Å². The molecular formula is C24H27OP. The van der Waals surface area contributed by atoms with E-state index in [1.54, 1.807) is 0 Å². The first kappa shape index (κ1) is 17.5. The van der Waals surface area contributed by atoms with E-state index in [-0.39, 0.29) is 5.66 Å². The molecular weight excluding hydrogens is 335 g/mol. The molecule has 0 heterocycles. The van der Waals surface area contributed by atoms with Crippen molar-refractivity contribution in [3.05, 3.63) is 91.0 Å². The van der Waals surface area contributed by atoms with Crippen LogP contribution in [0.5, 0.6) is 0 Å². The van der Waals surface area contributed by atoms with Gasteiger partial charge in [0, 0.05) is 0 Å². The van der Waals surface area contributed by atoms with Crippen LogP contribution >= 0.6 is 6.83 Å². The molecule has 1 aliphatic carbocycles. The summed E-state index contributed by atoms with van der Waals surface area (Å²) in [5, 5.41) is 3.30. The Morgan fingerprint density at radius 1 is 0.538 bits per heavy atom. The second kappa shape index (κ2) is 6.99. The molecule has 0 aliphatic heterocycles. The Hall–Kier alpha value is -1.95. The van der Waals surface area contributed by atoms with Crippen molar-refractivity contribution in [2.75, 3.05) is 0 Å². The van der Waals surface area contributed by atoms with Crippen LogP contribution in [-0.4, -0.2) is 10.6 Å². The van der Waals surface area contributed by atoms with Crippen molar-refractivity contribution in [3.8, 4) is 0 Å². The monoisotopic (exact) mass is 362 g/mol. The topological polar surface area (TPSA) is 20.2 Å². The molecule has 0 amide bonds. The van der Waals surface area contributed by atoms with E-state index in [2.05, 4.69) is 72.8 Å². The van der Waals surface area contributed by atoms with Crippen LogP contribution in [-0.2, 0) is 0 Å². The molecule has 26 heavy (non-hydrogen) atoms. The van der Waals surface area contributed by atoms with Crippen LogP contribution in [0.3, 0.4) is 0 Å². The predicted molar refractivity (Wildman–Crippen MR) is 114 cm³/mol. The van der Waals surface area contributed by atoms with Gasteiger partial charge in [-0.15, -0.1) is 0 Å². The van der Waals surface area contributed by atoms with Crippen molar-refractivity contribution < 1.29 is 4.89 Å². The minimum atomic E-state index is -3.54. The van der Waals surface area contributed by atoms with Gasteiger partial charge in [0.15, 0.2) is 0 Å². The van der Waals surface area contributed by atoms with Gasteiger partial charge in [0.2, 0.25) is 0 Å². The second-order valence-corrected chi connectivity index (χ2v) is 12.0. The third-order valence-corrected chi connectivity index (χ3v) is 12.1. The standard InChI is InChI=1S/C24H27OP/c25-26(21-13-5-1-6-14-21,22-15-7-2-8-16-22,23-17-9-3-10-18-23)24-19-11-4-12-20-24/h1-3,5-10,13-18,24-25H,4,11-12,19-20H2. The first-order chi connectivity index (χ1) is 12.7. The fourth-order valence-corrected chi connectivity index (χ4v) is 10.7. The summed E-state index contributed by atoms with van der Waals surface area (Å²) in [6, 6.07) is 31.4. The fraction of sp³-hybridized carbons (Fsp3) is 0.250. The molecule has 0 atom stereocenters. The van der Waals surface area contributed by atoms with Gasteiger partial charge in [-0.1, -0.05) is 0 Å². The molecule has 3 aromatic rings. The molecule has 1 nitrogen and oxygen atoms in total. The quantitative estimate of drug-likeness (QED) is 0.664. The number of rotatable bonds is 4. The van der Waals surface area contributed by atoms with Crippen LogP contribution in [0.25, 0.3) is 0 Å². The third-order valence-electron chi connectivity index (χ3n) is 6.12. The zero-order chi connectivity index (χ0) is 17.9. The Balaban J connectivity index is 2.10. The molecule has 1 aliphatic rings. The summed E-state index contributed by atoms with van der Waals surface area (Å²) in [5.41, 5.74) is 0.280. The van der Waals surface area contributed by atoms with Gasteiger partial charge in [-0.3, -0.25) is 0 Å². The third kappa shape index (κ3) is 2.54. The molecule has 3 aromatic carbocycles. The first-order valence-corrected chi connectivity index (χ1v) is 11.9. The average molecular weight is 362 g/mol. The van der Waals surface area contributed by atoms with Crippen molar-refractivity contribution in [2.45, 2.75) is 37.8 Å². The summed E-state index contributed by atoms with van der Waals surface area (Å²) in [4.78, 5) is 13.1. The van der Waals surface area contributed by atoms with Gasteiger partial charge in [0.25, 0.3) is 0 Å². The Kier molecular flexibility index (Phi) is 4.69. The first-order valence-electron chi connectivity index (χ1n) is 9.68. The van der Waals surface area contributed by atoms with Crippen LogP contribution in [0, 0.1) is 0 Å². The molecule has 1 fully saturated rings. The Morgan fingerprint density at radius 2 is 0.885 bits per heavy atom. The normalized spacial score (nSPS) is 17.3. The molecule has 134 valence electrons. The van der Waals surface area contributed by atoms with Crippen LogP contribution < -0.4 is 15.9 Å². The van der Waals surface area contributed by atoms with E-state index in [0.717, 1.165) is 28.8 Å². The van der Waals surface area contributed by atoms with E-state index in [1.165, 1.54) is 19.3 Å². The molecule has 1 saturated carbocycles. The average Bonchev–Trinajstić information content (AvgIpc) is 2.76. The fourth-order valence-electron chi connectivity index (χ4n) is 4.85. The summed E-state index contributed by atoms with van der Waals surface area (Å²) in [6.07, 6.45) is 5.87. The molecule has 0 aromatic heterocycles. The summed E-state index contributed by atoms with van der Waals surface area (Å²) in [5.74, 6) is 0. The number of hydrogen-bond acceptors (Lipinski definition) is 1. The zero-order valence-electron chi connectivity index (χ0n) is 15.2. The van der Waals surface area contributed by atoms with Crippen LogP contribution in [0.1, 0.15) is 32.1 Å². The van der Waals surface area contributed by atoms with Gasteiger partial charge in [0.05, 0.1) is 0 Å². The maximum atomic E-state index is 13.1. The molecule has 1 N–H and O–H groups in total. The van der Waals surface area contributed by atoms with Crippen molar-refractivity contribution in [1.82, 2.24) is 0 Å². The SMILES string of the molecule is OP(c1ccccc1)(c1ccccc1)(c1ccccc1)C1CCCCC1. The number of benzene rings is 3.